The Balaban J connectivity index is 1.28. The first-order chi connectivity index (χ1) is 14.9. The topological polar surface area (TPSA) is 59.1 Å². The summed E-state index contributed by atoms with van der Waals surface area (Å²) in [5.74, 6) is -5.40. The van der Waals surface area contributed by atoms with E-state index in [0.717, 1.165) is 17.0 Å². The maximum absolute atomic E-state index is 14.4. The molecule has 12 heteroatoms. The number of urea groups is 1. The number of hydrogen-bond acceptors (Lipinski definition) is 4. The minimum Gasteiger partial charge on any atom is -0.370 e. The molecule has 2 atom stereocenters. The van der Waals surface area contributed by atoms with Gasteiger partial charge in [-0.1, -0.05) is 6.07 Å². The summed E-state index contributed by atoms with van der Waals surface area (Å²) >= 11 is 0. The largest absolute Gasteiger partial charge is 0.416 e. The van der Waals surface area contributed by atoms with Crippen LogP contribution in [0.5, 0.6) is 0 Å². The Hall–Kier alpha value is -2.34. The predicted octanol–water partition coefficient (Wildman–Crippen LogP) is 3.09. The summed E-state index contributed by atoms with van der Waals surface area (Å²) in [7, 11) is 0. The molecule has 0 unspecified atom stereocenters. The Morgan fingerprint density at radius 2 is 1.91 bits per heavy atom. The Morgan fingerprint density at radius 3 is 2.56 bits per heavy atom. The molecule has 3 saturated heterocycles. The summed E-state index contributed by atoms with van der Waals surface area (Å²) in [6.45, 7) is -1.33. The van der Waals surface area contributed by atoms with Gasteiger partial charge in [0.15, 0.2) is 5.78 Å². The summed E-state index contributed by atoms with van der Waals surface area (Å²) in [6, 6.07) is 1.50. The molecule has 1 aromatic rings. The van der Waals surface area contributed by atoms with Gasteiger partial charge in [-0.05, 0) is 12.1 Å². The van der Waals surface area contributed by atoms with Gasteiger partial charge in [-0.2, -0.15) is 13.2 Å². The molecule has 1 aromatic carbocycles. The Morgan fingerprint density at radius 1 is 1.19 bits per heavy atom. The standard InChI is InChI=1S/C20H20F6N2O4/c21-16-4-13(20(24,25)26)2-1-11(16)8-31-15-6-27(7-15)18(30)28-5-12-3-14(29)9-32-17(12)19(22,23)10-28/h1-2,4,12,15,17H,3,5-10H2/t12-,17-/m0/s1. The number of carbonyl (C=O) groups is 2. The number of benzene rings is 1. The zero-order valence-electron chi connectivity index (χ0n) is 16.7. The first-order valence-corrected chi connectivity index (χ1v) is 9.96. The molecular formula is C20H20F6N2O4. The third-order valence-corrected chi connectivity index (χ3v) is 5.86. The van der Waals surface area contributed by atoms with Gasteiger partial charge in [0.1, 0.15) is 18.5 Å². The number of likely N-dealkylation sites (tertiary alicyclic amines) is 2. The van der Waals surface area contributed by atoms with E-state index in [1.165, 1.54) is 4.90 Å². The van der Waals surface area contributed by atoms with Crippen LogP contribution in [0.25, 0.3) is 0 Å². The summed E-state index contributed by atoms with van der Waals surface area (Å²) < 4.78 is 90.9. The van der Waals surface area contributed by atoms with Crippen LogP contribution in [-0.4, -0.2) is 72.5 Å². The van der Waals surface area contributed by atoms with Crippen molar-refractivity contribution >= 4 is 11.8 Å². The smallest absolute Gasteiger partial charge is 0.370 e. The third-order valence-electron chi connectivity index (χ3n) is 5.86. The molecule has 3 aliphatic heterocycles. The van der Waals surface area contributed by atoms with Gasteiger partial charge in [0, 0.05) is 24.4 Å². The third kappa shape index (κ3) is 4.56. The normalized spacial score (nSPS) is 26.0. The highest BCUT2D eigenvalue weighted by atomic mass is 19.4. The van der Waals surface area contributed by atoms with Crippen LogP contribution in [-0.2, 0) is 27.1 Å². The van der Waals surface area contributed by atoms with Crippen LogP contribution < -0.4 is 0 Å². The number of carbonyl (C=O) groups excluding carboxylic acids is 2. The number of rotatable bonds is 3. The fourth-order valence-corrected chi connectivity index (χ4v) is 4.19. The molecule has 0 spiro atoms. The number of alkyl halides is 5. The molecule has 3 aliphatic rings. The monoisotopic (exact) mass is 466 g/mol. The van der Waals surface area contributed by atoms with E-state index in [0.29, 0.717) is 6.07 Å². The summed E-state index contributed by atoms with van der Waals surface area (Å²) in [4.78, 5) is 26.4. The molecule has 6 nitrogen and oxygen atoms in total. The quantitative estimate of drug-likeness (QED) is 0.643. The van der Waals surface area contributed by atoms with E-state index in [1.54, 1.807) is 0 Å². The Bertz CT molecular complexity index is 903. The number of ketones is 1. The van der Waals surface area contributed by atoms with Crippen molar-refractivity contribution in [3.05, 3.63) is 35.1 Å². The highest BCUT2D eigenvalue weighted by molar-refractivity contribution is 5.81. The Labute approximate surface area is 179 Å². The lowest BCUT2D eigenvalue weighted by Crippen LogP contribution is -2.65. The maximum Gasteiger partial charge on any atom is 0.416 e. The van der Waals surface area contributed by atoms with Crippen molar-refractivity contribution in [2.45, 2.75) is 37.3 Å². The van der Waals surface area contributed by atoms with E-state index in [9.17, 15) is 35.9 Å². The fraction of sp³-hybridized carbons (Fsp3) is 0.600. The van der Waals surface area contributed by atoms with Gasteiger partial charge < -0.3 is 19.3 Å². The summed E-state index contributed by atoms with van der Waals surface area (Å²) in [5, 5.41) is 0. The molecule has 176 valence electrons. The van der Waals surface area contributed by atoms with Crippen molar-refractivity contribution in [1.29, 1.82) is 0 Å². The molecule has 3 fully saturated rings. The molecular weight excluding hydrogens is 446 g/mol. The van der Waals surface area contributed by atoms with Crippen molar-refractivity contribution in [3.8, 4) is 0 Å². The first kappa shape index (κ1) is 22.8. The van der Waals surface area contributed by atoms with Crippen LogP contribution in [0.1, 0.15) is 17.5 Å². The minimum atomic E-state index is -4.66. The SMILES string of the molecule is O=C1CO[C@H]2[C@@H](C1)CN(C(=O)N1CC(OCc3ccc(C(F)(F)F)cc3F)C1)CC2(F)F. The molecule has 3 heterocycles. The number of amides is 2. The lowest BCUT2D eigenvalue weighted by molar-refractivity contribution is -0.205. The molecule has 2 amide bonds. The number of fused-ring (bicyclic) bond motifs is 1. The number of Topliss-reactive ketones (excluding diaryl/α,β-unsaturated/α-hetero) is 1. The number of nitrogens with zero attached hydrogens (tertiary/aromatic N) is 2. The second-order valence-corrected chi connectivity index (χ2v) is 8.30. The fourth-order valence-electron chi connectivity index (χ4n) is 4.19. The molecule has 0 saturated carbocycles. The van der Waals surface area contributed by atoms with Crippen molar-refractivity contribution in [1.82, 2.24) is 9.80 Å². The second kappa shape index (κ2) is 8.22. The summed E-state index contributed by atoms with van der Waals surface area (Å²) in [6.07, 6.45) is -6.63. The predicted molar refractivity (Wildman–Crippen MR) is 96.3 cm³/mol. The van der Waals surface area contributed by atoms with Crippen molar-refractivity contribution in [2.24, 2.45) is 5.92 Å². The van der Waals surface area contributed by atoms with Gasteiger partial charge in [0.25, 0.3) is 5.92 Å². The van der Waals surface area contributed by atoms with E-state index >= 15 is 0 Å². The van der Waals surface area contributed by atoms with Crippen LogP contribution in [0.2, 0.25) is 0 Å². The lowest BCUT2D eigenvalue weighted by Gasteiger charge is -2.48. The van der Waals surface area contributed by atoms with E-state index in [4.69, 9.17) is 9.47 Å². The number of ether oxygens (including phenoxy) is 2. The van der Waals surface area contributed by atoms with E-state index in [2.05, 4.69) is 0 Å². The number of piperidine rings is 1. The van der Waals surface area contributed by atoms with Gasteiger partial charge in [0.05, 0.1) is 37.9 Å². The molecule has 4 rings (SSSR count). The second-order valence-electron chi connectivity index (χ2n) is 8.30. The van der Waals surface area contributed by atoms with E-state index in [-0.39, 0.29) is 50.6 Å². The number of halogens is 6. The van der Waals surface area contributed by atoms with Crippen LogP contribution in [0.3, 0.4) is 0 Å². The van der Waals surface area contributed by atoms with Crippen molar-refractivity contribution in [2.75, 3.05) is 32.8 Å². The molecule has 0 bridgehead atoms. The van der Waals surface area contributed by atoms with E-state index < -0.39 is 54.2 Å². The number of hydrogen-bond donors (Lipinski definition) is 0. The van der Waals surface area contributed by atoms with Crippen LogP contribution in [0.4, 0.5) is 31.1 Å². The molecule has 0 N–H and O–H groups in total. The minimum absolute atomic E-state index is 0.0242. The van der Waals surface area contributed by atoms with Crippen molar-refractivity contribution in [3.63, 3.8) is 0 Å². The molecule has 0 aliphatic carbocycles. The lowest BCUT2D eigenvalue weighted by atomic mass is 9.86. The zero-order valence-corrected chi connectivity index (χ0v) is 16.7. The highest BCUT2D eigenvalue weighted by Crippen LogP contribution is 2.38. The van der Waals surface area contributed by atoms with Gasteiger partial charge in [0.2, 0.25) is 0 Å². The van der Waals surface area contributed by atoms with Crippen LogP contribution >= 0.6 is 0 Å². The van der Waals surface area contributed by atoms with Gasteiger partial charge in [-0.15, -0.1) is 0 Å². The van der Waals surface area contributed by atoms with Gasteiger partial charge in [-0.3, -0.25) is 4.79 Å². The van der Waals surface area contributed by atoms with Crippen LogP contribution in [0, 0.1) is 11.7 Å². The zero-order chi connectivity index (χ0) is 23.3. The van der Waals surface area contributed by atoms with Gasteiger partial charge in [-0.25, -0.2) is 18.0 Å². The molecule has 32 heavy (non-hydrogen) atoms. The van der Waals surface area contributed by atoms with E-state index in [1.807, 2.05) is 0 Å². The summed E-state index contributed by atoms with van der Waals surface area (Å²) in [5.41, 5.74) is -1.17. The van der Waals surface area contributed by atoms with Crippen molar-refractivity contribution < 1.29 is 45.4 Å². The van der Waals surface area contributed by atoms with Gasteiger partial charge >= 0.3 is 12.2 Å². The first-order valence-electron chi connectivity index (χ1n) is 9.96. The molecule has 0 radical (unpaired) electrons. The van der Waals surface area contributed by atoms with Crippen LogP contribution in [0.15, 0.2) is 18.2 Å². The maximum atomic E-state index is 14.4. The highest BCUT2D eigenvalue weighted by Gasteiger charge is 2.54. The Kier molecular flexibility index (Phi) is 5.86. The average Bonchev–Trinajstić information content (AvgIpc) is 2.65. The average molecular weight is 466 g/mol. The molecule has 0 aromatic heterocycles.